The highest BCUT2D eigenvalue weighted by Gasteiger charge is 2.25. The Morgan fingerprint density at radius 2 is 2.04 bits per heavy atom. The minimum Gasteiger partial charge on any atom is -0.493 e. The van der Waals surface area contributed by atoms with Gasteiger partial charge in [0.25, 0.3) is 0 Å². The highest BCUT2D eigenvalue weighted by molar-refractivity contribution is 9.10. The van der Waals surface area contributed by atoms with Crippen LogP contribution >= 0.6 is 27.7 Å². The minimum absolute atomic E-state index is 0.0685. The van der Waals surface area contributed by atoms with E-state index in [0.29, 0.717) is 18.1 Å². The van der Waals surface area contributed by atoms with Gasteiger partial charge in [0, 0.05) is 10.5 Å². The molecule has 1 aliphatic rings. The van der Waals surface area contributed by atoms with E-state index in [0.717, 1.165) is 38.2 Å². The molecule has 0 fully saturated rings. The van der Waals surface area contributed by atoms with Gasteiger partial charge in [0.1, 0.15) is 0 Å². The quantitative estimate of drug-likeness (QED) is 0.427. The average Bonchev–Trinajstić information content (AvgIpc) is 2.92. The zero-order valence-electron chi connectivity index (χ0n) is 14.2. The van der Waals surface area contributed by atoms with Crippen LogP contribution in [0.2, 0.25) is 0 Å². The molecule has 0 N–H and O–H groups in total. The van der Waals surface area contributed by atoms with Crippen molar-refractivity contribution < 1.29 is 14.3 Å². The Labute approximate surface area is 160 Å². The van der Waals surface area contributed by atoms with Crippen molar-refractivity contribution in [3.05, 3.63) is 56.9 Å². The Balaban J connectivity index is 1.89. The summed E-state index contributed by atoms with van der Waals surface area (Å²) in [5, 5.41) is 0. The average molecular weight is 419 g/mol. The first-order chi connectivity index (χ1) is 12.1. The monoisotopic (exact) mass is 418 g/mol. The maximum Gasteiger partial charge on any atom is 0.200 e. The summed E-state index contributed by atoms with van der Waals surface area (Å²) in [4.78, 5) is 14.2. The molecule has 0 saturated carbocycles. The molecule has 3 nitrogen and oxygen atoms in total. The molecule has 2 aromatic carbocycles. The van der Waals surface area contributed by atoms with E-state index in [1.54, 1.807) is 7.11 Å². The van der Waals surface area contributed by atoms with Crippen LogP contribution < -0.4 is 9.47 Å². The number of ether oxygens (including phenoxy) is 2. The van der Waals surface area contributed by atoms with Gasteiger partial charge in [0.2, 0.25) is 5.78 Å². The van der Waals surface area contributed by atoms with Crippen molar-refractivity contribution in [2.75, 3.05) is 13.7 Å². The molecule has 1 heterocycles. The van der Waals surface area contributed by atoms with Gasteiger partial charge in [-0.2, -0.15) is 0 Å². The Kier molecular flexibility index (Phi) is 5.86. The SMILES string of the molecule is CCCCOc1c(Br)cc(/C=C2\Sc3ccccc3C2=O)cc1OC. The number of methoxy groups -OCH3 is 1. The van der Waals surface area contributed by atoms with E-state index in [4.69, 9.17) is 9.47 Å². The number of benzene rings is 2. The van der Waals surface area contributed by atoms with Crippen LogP contribution in [-0.2, 0) is 0 Å². The molecule has 0 atom stereocenters. The van der Waals surface area contributed by atoms with Crippen LogP contribution in [-0.4, -0.2) is 19.5 Å². The third kappa shape index (κ3) is 3.93. The number of carbonyl (C=O) groups is 1. The van der Waals surface area contributed by atoms with Crippen molar-refractivity contribution >= 4 is 39.6 Å². The predicted molar refractivity (Wildman–Crippen MR) is 106 cm³/mol. The summed E-state index contributed by atoms with van der Waals surface area (Å²) < 4.78 is 12.1. The number of ketones is 1. The number of fused-ring (bicyclic) bond motifs is 1. The van der Waals surface area contributed by atoms with E-state index in [1.807, 2.05) is 42.5 Å². The van der Waals surface area contributed by atoms with Gasteiger partial charge >= 0.3 is 0 Å². The lowest BCUT2D eigenvalue weighted by Crippen LogP contribution is -2.00. The Hall–Kier alpha value is -1.72. The van der Waals surface area contributed by atoms with Gasteiger partial charge in [-0.1, -0.05) is 37.2 Å². The maximum atomic E-state index is 12.5. The summed E-state index contributed by atoms with van der Waals surface area (Å²) in [5.74, 6) is 1.43. The fraction of sp³-hybridized carbons (Fsp3) is 0.250. The van der Waals surface area contributed by atoms with Crippen molar-refractivity contribution in [1.29, 1.82) is 0 Å². The van der Waals surface area contributed by atoms with E-state index in [2.05, 4.69) is 22.9 Å². The maximum absolute atomic E-state index is 12.5. The van der Waals surface area contributed by atoms with Gasteiger partial charge in [-0.15, -0.1) is 0 Å². The summed E-state index contributed by atoms with van der Waals surface area (Å²) in [6.07, 6.45) is 3.96. The summed E-state index contributed by atoms with van der Waals surface area (Å²) in [6.45, 7) is 2.77. The van der Waals surface area contributed by atoms with Crippen molar-refractivity contribution in [3.63, 3.8) is 0 Å². The molecule has 0 bridgehead atoms. The molecule has 0 saturated heterocycles. The number of hydrogen-bond acceptors (Lipinski definition) is 4. The fourth-order valence-corrected chi connectivity index (χ4v) is 4.19. The van der Waals surface area contributed by atoms with Gasteiger partial charge in [-0.25, -0.2) is 0 Å². The Bertz CT molecular complexity index is 830. The zero-order chi connectivity index (χ0) is 17.8. The number of halogens is 1. The van der Waals surface area contributed by atoms with Gasteiger partial charge in [0.05, 0.1) is 23.1 Å². The third-order valence-electron chi connectivity index (χ3n) is 3.87. The normalized spacial score (nSPS) is 14.7. The van der Waals surface area contributed by atoms with Crippen molar-refractivity contribution in [1.82, 2.24) is 0 Å². The zero-order valence-corrected chi connectivity index (χ0v) is 16.6. The number of hydrogen-bond donors (Lipinski definition) is 0. The number of unbranched alkanes of at least 4 members (excludes halogenated alkanes) is 1. The topological polar surface area (TPSA) is 35.5 Å². The molecule has 5 heteroatoms. The molecule has 0 aliphatic carbocycles. The molecule has 0 radical (unpaired) electrons. The fourth-order valence-electron chi connectivity index (χ4n) is 2.57. The van der Waals surface area contributed by atoms with Gasteiger partial charge in [-0.3, -0.25) is 4.79 Å². The lowest BCUT2D eigenvalue weighted by molar-refractivity contribution is 0.104. The number of allylic oxidation sites excluding steroid dienone is 1. The largest absolute Gasteiger partial charge is 0.493 e. The first kappa shape index (κ1) is 18.1. The molecule has 0 amide bonds. The van der Waals surface area contributed by atoms with Crippen LogP contribution in [0.4, 0.5) is 0 Å². The lowest BCUT2D eigenvalue weighted by Gasteiger charge is -2.13. The van der Waals surface area contributed by atoms with Crippen LogP contribution in [0, 0.1) is 0 Å². The summed E-state index contributed by atoms with van der Waals surface area (Å²) in [6, 6.07) is 11.5. The molecule has 2 aromatic rings. The van der Waals surface area contributed by atoms with E-state index in [1.165, 1.54) is 11.8 Å². The Morgan fingerprint density at radius 1 is 1.24 bits per heavy atom. The molecule has 0 aromatic heterocycles. The number of Topliss-reactive ketones (excluding diaryl/α,β-unsaturated/α-hetero) is 1. The van der Waals surface area contributed by atoms with Crippen LogP contribution in [0.5, 0.6) is 11.5 Å². The van der Waals surface area contributed by atoms with Crippen LogP contribution in [0.15, 0.2) is 50.7 Å². The van der Waals surface area contributed by atoms with Crippen LogP contribution in [0.1, 0.15) is 35.7 Å². The Morgan fingerprint density at radius 3 is 2.76 bits per heavy atom. The van der Waals surface area contributed by atoms with Crippen molar-refractivity contribution in [3.8, 4) is 11.5 Å². The smallest absolute Gasteiger partial charge is 0.200 e. The summed E-state index contributed by atoms with van der Waals surface area (Å²) in [7, 11) is 1.62. The van der Waals surface area contributed by atoms with E-state index >= 15 is 0 Å². The van der Waals surface area contributed by atoms with Gasteiger partial charge in [0.15, 0.2) is 11.5 Å². The summed E-state index contributed by atoms with van der Waals surface area (Å²) in [5.41, 5.74) is 1.67. The predicted octanol–water partition coefficient (Wildman–Crippen LogP) is 5.97. The second kappa shape index (κ2) is 8.11. The lowest BCUT2D eigenvalue weighted by atomic mass is 10.1. The first-order valence-electron chi connectivity index (χ1n) is 8.17. The third-order valence-corrected chi connectivity index (χ3v) is 5.56. The van der Waals surface area contributed by atoms with E-state index < -0.39 is 0 Å². The van der Waals surface area contributed by atoms with Crippen molar-refractivity contribution in [2.24, 2.45) is 0 Å². The van der Waals surface area contributed by atoms with Crippen molar-refractivity contribution in [2.45, 2.75) is 24.7 Å². The highest BCUT2D eigenvalue weighted by atomic mass is 79.9. The standard InChI is InChI=1S/C20H19BrO3S/c1-3-4-9-24-20-15(21)10-13(11-16(20)23-2)12-18-19(22)14-7-5-6-8-17(14)25-18/h5-8,10-12H,3-4,9H2,1-2H3/b18-12-. The van der Waals surface area contributed by atoms with Gasteiger partial charge in [-0.05, 0) is 58.3 Å². The van der Waals surface area contributed by atoms with Crippen LogP contribution in [0.3, 0.4) is 0 Å². The minimum atomic E-state index is 0.0685. The molecule has 3 rings (SSSR count). The molecule has 130 valence electrons. The molecule has 1 aliphatic heterocycles. The highest BCUT2D eigenvalue weighted by Crippen LogP contribution is 2.42. The molecular formula is C20H19BrO3S. The molecular weight excluding hydrogens is 400 g/mol. The second-order valence-corrected chi connectivity index (χ2v) is 7.61. The number of carbonyl (C=O) groups excluding carboxylic acids is 1. The number of thioether (sulfide) groups is 1. The van der Waals surface area contributed by atoms with Gasteiger partial charge < -0.3 is 9.47 Å². The molecule has 0 unspecified atom stereocenters. The van der Waals surface area contributed by atoms with E-state index in [9.17, 15) is 4.79 Å². The van der Waals surface area contributed by atoms with E-state index in [-0.39, 0.29) is 5.78 Å². The first-order valence-corrected chi connectivity index (χ1v) is 9.78. The summed E-state index contributed by atoms with van der Waals surface area (Å²) >= 11 is 5.06. The van der Waals surface area contributed by atoms with Crippen LogP contribution in [0.25, 0.3) is 6.08 Å². The number of rotatable bonds is 6. The second-order valence-electron chi connectivity index (χ2n) is 5.67. The molecule has 25 heavy (non-hydrogen) atoms. The molecule has 0 spiro atoms.